The molecule has 2 fully saturated rings. The number of hydrogen-bond donors (Lipinski definition) is 1. The van der Waals surface area contributed by atoms with Crippen LogP contribution in [0.2, 0.25) is 0 Å². The maximum atomic E-state index is 12.2. The van der Waals surface area contributed by atoms with Crippen molar-refractivity contribution in [1.29, 1.82) is 0 Å². The lowest BCUT2D eigenvalue weighted by Gasteiger charge is -2.37. The number of rotatable bonds is 0. The average molecular weight is 264 g/mol. The van der Waals surface area contributed by atoms with Gasteiger partial charge in [0.15, 0.2) is 5.78 Å². The molecular weight excluding hydrogens is 244 g/mol. The molecular formula is C15H20O4. The van der Waals surface area contributed by atoms with Gasteiger partial charge < -0.3 is 9.84 Å². The molecule has 0 aromatic rings. The molecule has 4 heteroatoms. The standard InChI is InChI=1S/C15H20O4/c1-7-6-10-12(8(2)14(18)19-10)13(17)15(3)9(7)4-5-11(15)16/h4-5,7-10,12-13,17H,6H2,1-3H3/t7-,8+,9+,10-,12-,13+,15+/m1/s1. The number of fused-ring (bicyclic) bond motifs is 2. The maximum Gasteiger partial charge on any atom is 0.309 e. The number of ketones is 1. The van der Waals surface area contributed by atoms with E-state index in [9.17, 15) is 14.7 Å². The molecule has 0 spiro atoms. The van der Waals surface area contributed by atoms with Gasteiger partial charge in [-0.1, -0.05) is 19.9 Å². The Morgan fingerprint density at radius 3 is 2.74 bits per heavy atom. The highest BCUT2D eigenvalue weighted by Crippen LogP contribution is 2.53. The van der Waals surface area contributed by atoms with Crippen LogP contribution in [0.15, 0.2) is 12.2 Å². The van der Waals surface area contributed by atoms with Gasteiger partial charge in [-0.15, -0.1) is 0 Å². The van der Waals surface area contributed by atoms with Crippen LogP contribution in [0, 0.1) is 29.1 Å². The minimum absolute atomic E-state index is 0.0240. The first-order valence-corrected chi connectivity index (χ1v) is 6.98. The smallest absolute Gasteiger partial charge is 0.309 e. The van der Waals surface area contributed by atoms with Crippen molar-refractivity contribution >= 4 is 11.8 Å². The van der Waals surface area contributed by atoms with Crippen LogP contribution in [0.1, 0.15) is 27.2 Å². The van der Waals surface area contributed by atoms with Crippen molar-refractivity contribution in [2.45, 2.75) is 39.4 Å². The highest BCUT2D eigenvalue weighted by atomic mass is 16.6. The number of ether oxygens (including phenoxy) is 1. The van der Waals surface area contributed by atoms with Crippen molar-refractivity contribution < 1.29 is 19.4 Å². The number of carbonyl (C=O) groups is 2. The van der Waals surface area contributed by atoms with Crippen molar-refractivity contribution in [3.8, 4) is 0 Å². The first-order chi connectivity index (χ1) is 8.87. The fourth-order valence-electron chi connectivity index (χ4n) is 4.27. The summed E-state index contributed by atoms with van der Waals surface area (Å²) in [7, 11) is 0. The molecule has 0 bridgehead atoms. The van der Waals surface area contributed by atoms with E-state index in [-0.39, 0.29) is 41.5 Å². The third-order valence-corrected chi connectivity index (χ3v) is 5.52. The second kappa shape index (κ2) is 3.92. The van der Waals surface area contributed by atoms with Crippen LogP contribution in [-0.2, 0) is 14.3 Å². The minimum atomic E-state index is -0.823. The minimum Gasteiger partial charge on any atom is -0.462 e. The molecule has 7 atom stereocenters. The molecule has 0 aromatic carbocycles. The van der Waals surface area contributed by atoms with Crippen LogP contribution in [0.3, 0.4) is 0 Å². The Balaban J connectivity index is 2.06. The van der Waals surface area contributed by atoms with E-state index in [4.69, 9.17) is 4.74 Å². The Kier molecular flexibility index (Phi) is 2.65. The van der Waals surface area contributed by atoms with Crippen molar-refractivity contribution in [2.75, 3.05) is 0 Å². The summed E-state index contributed by atoms with van der Waals surface area (Å²) in [5.74, 6) is -0.627. The van der Waals surface area contributed by atoms with Gasteiger partial charge >= 0.3 is 5.97 Å². The molecule has 1 saturated heterocycles. The summed E-state index contributed by atoms with van der Waals surface area (Å²) in [6, 6.07) is 0. The van der Waals surface area contributed by atoms with Gasteiger partial charge in [0.2, 0.25) is 0 Å². The molecule has 0 radical (unpaired) electrons. The van der Waals surface area contributed by atoms with Crippen molar-refractivity contribution in [1.82, 2.24) is 0 Å². The van der Waals surface area contributed by atoms with Crippen molar-refractivity contribution in [3.63, 3.8) is 0 Å². The first kappa shape index (κ1) is 12.9. The summed E-state index contributed by atoms with van der Waals surface area (Å²) < 4.78 is 5.41. The zero-order valence-electron chi connectivity index (χ0n) is 11.5. The third-order valence-electron chi connectivity index (χ3n) is 5.52. The normalized spacial score (nSPS) is 52.6. The zero-order chi connectivity index (χ0) is 13.9. The van der Waals surface area contributed by atoms with E-state index in [2.05, 4.69) is 6.92 Å². The molecule has 0 aromatic heterocycles. The van der Waals surface area contributed by atoms with Crippen LogP contribution >= 0.6 is 0 Å². The van der Waals surface area contributed by atoms with Gasteiger partial charge in [0, 0.05) is 5.92 Å². The van der Waals surface area contributed by atoms with Crippen molar-refractivity contribution in [2.24, 2.45) is 29.1 Å². The summed E-state index contributed by atoms with van der Waals surface area (Å²) in [6.45, 7) is 5.69. The highest BCUT2D eigenvalue weighted by molar-refractivity contribution is 5.98. The number of allylic oxidation sites excluding steroid dienone is 2. The van der Waals surface area contributed by atoms with Crippen LogP contribution in [0.25, 0.3) is 0 Å². The van der Waals surface area contributed by atoms with E-state index in [0.717, 1.165) is 6.42 Å². The Morgan fingerprint density at radius 1 is 1.37 bits per heavy atom. The second-order valence-electron chi connectivity index (χ2n) is 6.53. The molecule has 104 valence electrons. The number of esters is 1. The zero-order valence-corrected chi connectivity index (χ0v) is 11.5. The van der Waals surface area contributed by atoms with E-state index in [1.807, 2.05) is 13.0 Å². The summed E-state index contributed by atoms with van der Waals surface area (Å²) in [6.07, 6.45) is 3.15. The number of aliphatic hydroxyl groups excluding tert-OH is 1. The van der Waals surface area contributed by atoms with Gasteiger partial charge in [-0.05, 0) is 31.3 Å². The van der Waals surface area contributed by atoms with Gasteiger partial charge in [-0.25, -0.2) is 0 Å². The molecule has 2 aliphatic carbocycles. The second-order valence-corrected chi connectivity index (χ2v) is 6.53. The van der Waals surface area contributed by atoms with E-state index in [1.165, 1.54) is 0 Å². The van der Waals surface area contributed by atoms with Crippen LogP contribution in [0.5, 0.6) is 0 Å². The molecule has 19 heavy (non-hydrogen) atoms. The largest absolute Gasteiger partial charge is 0.462 e. The number of carbonyl (C=O) groups excluding carboxylic acids is 2. The van der Waals surface area contributed by atoms with Gasteiger partial charge in [0.05, 0.1) is 17.4 Å². The van der Waals surface area contributed by atoms with Gasteiger partial charge in [-0.2, -0.15) is 0 Å². The lowest BCUT2D eigenvalue weighted by molar-refractivity contribution is -0.144. The molecule has 1 aliphatic heterocycles. The van der Waals surface area contributed by atoms with Crippen LogP contribution in [0.4, 0.5) is 0 Å². The van der Waals surface area contributed by atoms with E-state index >= 15 is 0 Å². The molecule has 0 unspecified atom stereocenters. The Labute approximate surface area is 112 Å². The first-order valence-electron chi connectivity index (χ1n) is 6.98. The fraction of sp³-hybridized carbons (Fsp3) is 0.733. The molecule has 1 heterocycles. The van der Waals surface area contributed by atoms with E-state index in [0.29, 0.717) is 0 Å². The van der Waals surface area contributed by atoms with Gasteiger partial charge in [-0.3, -0.25) is 9.59 Å². The predicted octanol–water partition coefficient (Wildman–Crippen LogP) is 1.33. The predicted molar refractivity (Wildman–Crippen MR) is 68.1 cm³/mol. The summed E-state index contributed by atoms with van der Waals surface area (Å²) >= 11 is 0. The Hall–Kier alpha value is -1.16. The Morgan fingerprint density at radius 2 is 2.05 bits per heavy atom. The lowest BCUT2D eigenvalue weighted by atomic mass is 9.67. The van der Waals surface area contributed by atoms with Gasteiger partial charge in [0.25, 0.3) is 0 Å². The molecule has 4 nitrogen and oxygen atoms in total. The quantitative estimate of drug-likeness (QED) is 0.670. The molecule has 1 N–H and O–H groups in total. The topological polar surface area (TPSA) is 63.6 Å². The monoisotopic (exact) mass is 264 g/mol. The maximum absolute atomic E-state index is 12.2. The summed E-state index contributed by atoms with van der Waals surface area (Å²) in [5, 5.41) is 10.8. The third kappa shape index (κ3) is 1.49. The number of aliphatic hydroxyl groups is 1. The molecule has 1 saturated carbocycles. The van der Waals surface area contributed by atoms with E-state index in [1.54, 1.807) is 13.0 Å². The SMILES string of the molecule is C[C@@H]1C[C@H]2OC(=O)[C@@H](C)[C@H]2[C@H](O)[C@]2(C)C(=O)C=C[C@@H]12. The van der Waals surface area contributed by atoms with Crippen molar-refractivity contribution in [3.05, 3.63) is 12.2 Å². The Bertz CT molecular complexity index is 469. The highest BCUT2D eigenvalue weighted by Gasteiger charge is 2.60. The average Bonchev–Trinajstić information content (AvgIpc) is 2.77. The molecule has 3 aliphatic rings. The van der Waals surface area contributed by atoms with E-state index < -0.39 is 11.5 Å². The van der Waals surface area contributed by atoms with Crippen LogP contribution in [-0.4, -0.2) is 29.1 Å². The summed E-state index contributed by atoms with van der Waals surface area (Å²) in [4.78, 5) is 24.0. The fourth-order valence-corrected chi connectivity index (χ4v) is 4.27. The summed E-state index contributed by atoms with van der Waals surface area (Å²) in [5.41, 5.74) is -0.804. The molecule has 3 rings (SSSR count). The van der Waals surface area contributed by atoms with Gasteiger partial charge in [0.1, 0.15) is 6.10 Å². The molecule has 0 amide bonds. The lowest BCUT2D eigenvalue weighted by Crippen LogP contribution is -2.47. The number of hydrogen-bond acceptors (Lipinski definition) is 4. The van der Waals surface area contributed by atoms with Crippen LogP contribution < -0.4 is 0 Å².